The van der Waals surface area contributed by atoms with E-state index in [9.17, 15) is 13.2 Å². The van der Waals surface area contributed by atoms with Crippen LogP contribution in [0.2, 0.25) is 0 Å². The summed E-state index contributed by atoms with van der Waals surface area (Å²) < 4.78 is 23.2. The van der Waals surface area contributed by atoms with Crippen LogP contribution in [0.4, 0.5) is 0 Å². The van der Waals surface area contributed by atoms with Gasteiger partial charge in [-0.3, -0.25) is 9.48 Å². The van der Waals surface area contributed by atoms with Crippen LogP contribution in [0, 0.1) is 0 Å². The Labute approximate surface area is 75.3 Å². The summed E-state index contributed by atoms with van der Waals surface area (Å²) in [7, 11) is -2.83. The van der Waals surface area contributed by atoms with Crippen molar-refractivity contribution < 1.29 is 13.2 Å². The zero-order valence-corrected chi connectivity index (χ0v) is 7.57. The highest BCUT2D eigenvalue weighted by Gasteiger charge is 2.35. The Balaban J connectivity index is 2.15. The molecule has 0 N–H and O–H groups in total. The highest BCUT2D eigenvalue weighted by molar-refractivity contribution is 7.92. The van der Waals surface area contributed by atoms with Gasteiger partial charge < -0.3 is 0 Å². The molecule has 2 rings (SSSR count). The lowest BCUT2D eigenvalue weighted by molar-refractivity contribution is 0.112. The third-order valence-electron chi connectivity index (χ3n) is 2.02. The number of sulfone groups is 1. The van der Waals surface area contributed by atoms with Crippen molar-refractivity contribution in [1.29, 1.82) is 0 Å². The second-order valence-corrected chi connectivity index (χ2v) is 5.26. The molecule has 1 aliphatic rings. The molecular weight excluding hydrogens is 192 g/mol. The number of nitrogens with zero attached hydrogens (tertiary/aromatic N) is 2. The lowest BCUT2D eigenvalue weighted by Crippen LogP contribution is -2.38. The minimum Gasteiger partial charge on any atom is -0.298 e. The van der Waals surface area contributed by atoms with Gasteiger partial charge in [0.15, 0.2) is 16.1 Å². The second kappa shape index (κ2) is 2.66. The molecule has 6 heteroatoms. The normalized spacial score (nSPS) is 20.9. The summed E-state index contributed by atoms with van der Waals surface area (Å²) in [5, 5.41) is 3.90. The highest BCUT2D eigenvalue weighted by atomic mass is 32.2. The van der Waals surface area contributed by atoms with Crippen molar-refractivity contribution in [2.45, 2.75) is 6.04 Å². The maximum absolute atomic E-state index is 10.8. The quantitative estimate of drug-likeness (QED) is 0.613. The summed E-state index contributed by atoms with van der Waals surface area (Å²) >= 11 is 0. The van der Waals surface area contributed by atoms with Gasteiger partial charge in [0.1, 0.15) is 0 Å². The van der Waals surface area contributed by atoms with Gasteiger partial charge in [-0.2, -0.15) is 5.10 Å². The Morgan fingerprint density at radius 1 is 1.54 bits per heavy atom. The Morgan fingerprint density at radius 2 is 2.23 bits per heavy atom. The Kier molecular flexibility index (Phi) is 1.73. The van der Waals surface area contributed by atoms with Crippen molar-refractivity contribution >= 4 is 16.1 Å². The summed E-state index contributed by atoms with van der Waals surface area (Å²) in [6.45, 7) is 0. The van der Waals surface area contributed by atoms with E-state index in [1.165, 1.54) is 10.9 Å². The molecule has 1 aliphatic heterocycles. The molecule has 1 fully saturated rings. The van der Waals surface area contributed by atoms with Gasteiger partial charge in [0.25, 0.3) is 0 Å². The van der Waals surface area contributed by atoms with Crippen molar-refractivity contribution in [1.82, 2.24) is 9.78 Å². The van der Waals surface area contributed by atoms with E-state index in [1.807, 2.05) is 0 Å². The third-order valence-corrected chi connectivity index (χ3v) is 3.81. The fraction of sp³-hybridized carbons (Fsp3) is 0.429. The highest BCUT2D eigenvalue weighted by Crippen LogP contribution is 2.22. The fourth-order valence-electron chi connectivity index (χ4n) is 1.30. The number of aldehydes is 1. The lowest BCUT2D eigenvalue weighted by Gasteiger charge is -2.25. The van der Waals surface area contributed by atoms with Gasteiger partial charge in [0.05, 0.1) is 29.3 Å². The fourth-order valence-corrected chi connectivity index (χ4v) is 2.68. The summed E-state index contributed by atoms with van der Waals surface area (Å²) in [5.41, 5.74) is 0.476. The van der Waals surface area contributed by atoms with Crippen LogP contribution in [0.1, 0.15) is 16.4 Å². The summed E-state index contributed by atoms with van der Waals surface area (Å²) in [6, 6.07) is -0.0845. The van der Waals surface area contributed by atoms with Gasteiger partial charge in [-0.05, 0) is 0 Å². The number of carbonyl (C=O) groups is 1. The van der Waals surface area contributed by atoms with E-state index in [0.717, 1.165) is 0 Å². The number of hydrogen-bond acceptors (Lipinski definition) is 4. The van der Waals surface area contributed by atoms with E-state index in [4.69, 9.17) is 0 Å². The zero-order chi connectivity index (χ0) is 9.47. The SMILES string of the molecule is O=Cc1cnn(C2CS(=O)(=O)C2)c1. The van der Waals surface area contributed by atoms with Crippen molar-refractivity contribution in [3.8, 4) is 0 Å². The first-order chi connectivity index (χ1) is 6.11. The molecule has 70 valence electrons. The smallest absolute Gasteiger partial charge is 0.154 e. The molecular formula is C7H8N2O3S. The first-order valence-corrected chi connectivity index (χ1v) is 5.62. The molecule has 0 atom stereocenters. The molecule has 1 aromatic rings. The minimum absolute atomic E-state index is 0.0845. The Hall–Kier alpha value is -1.17. The van der Waals surface area contributed by atoms with Gasteiger partial charge in [-0.1, -0.05) is 0 Å². The average Bonchev–Trinajstić information content (AvgIpc) is 2.47. The van der Waals surface area contributed by atoms with Crippen molar-refractivity contribution in [2.75, 3.05) is 11.5 Å². The molecule has 0 saturated carbocycles. The van der Waals surface area contributed by atoms with Gasteiger partial charge in [-0.25, -0.2) is 8.42 Å². The van der Waals surface area contributed by atoms with Crippen LogP contribution in [-0.4, -0.2) is 36.0 Å². The first-order valence-electron chi connectivity index (χ1n) is 3.80. The van der Waals surface area contributed by atoms with E-state index in [0.29, 0.717) is 11.8 Å². The summed E-state index contributed by atoms with van der Waals surface area (Å²) in [6.07, 6.45) is 3.68. The molecule has 2 heterocycles. The zero-order valence-electron chi connectivity index (χ0n) is 6.75. The number of aromatic nitrogens is 2. The molecule has 1 saturated heterocycles. The van der Waals surface area contributed by atoms with Crippen LogP contribution < -0.4 is 0 Å². The molecule has 0 bridgehead atoms. The molecule has 13 heavy (non-hydrogen) atoms. The van der Waals surface area contributed by atoms with Gasteiger partial charge in [0.2, 0.25) is 0 Å². The maximum Gasteiger partial charge on any atom is 0.154 e. The predicted octanol–water partition coefficient (Wildman–Crippen LogP) is -0.335. The van der Waals surface area contributed by atoms with E-state index < -0.39 is 9.84 Å². The van der Waals surface area contributed by atoms with Gasteiger partial charge in [-0.15, -0.1) is 0 Å². The largest absolute Gasteiger partial charge is 0.298 e. The van der Waals surface area contributed by atoms with E-state index in [-0.39, 0.29) is 17.5 Å². The Bertz CT molecular complexity index is 422. The van der Waals surface area contributed by atoms with E-state index in [2.05, 4.69) is 5.10 Å². The summed E-state index contributed by atoms with van der Waals surface area (Å²) in [5.74, 6) is 0.264. The molecule has 0 amide bonds. The van der Waals surface area contributed by atoms with Gasteiger partial charge >= 0.3 is 0 Å². The third kappa shape index (κ3) is 1.49. The van der Waals surface area contributed by atoms with Crippen LogP contribution >= 0.6 is 0 Å². The molecule has 0 aliphatic carbocycles. The monoisotopic (exact) mass is 200 g/mol. The topological polar surface area (TPSA) is 69.0 Å². The van der Waals surface area contributed by atoms with E-state index in [1.54, 1.807) is 6.20 Å². The van der Waals surface area contributed by atoms with Crippen LogP contribution in [0.3, 0.4) is 0 Å². The molecule has 0 unspecified atom stereocenters. The number of carbonyl (C=O) groups excluding carboxylic acids is 1. The second-order valence-electron chi connectivity index (χ2n) is 3.10. The summed E-state index contributed by atoms with van der Waals surface area (Å²) in [4.78, 5) is 10.3. The van der Waals surface area contributed by atoms with E-state index >= 15 is 0 Å². The lowest BCUT2D eigenvalue weighted by atomic mass is 10.3. The van der Waals surface area contributed by atoms with Crippen molar-refractivity contribution in [3.05, 3.63) is 18.0 Å². The van der Waals surface area contributed by atoms with Crippen molar-refractivity contribution in [2.24, 2.45) is 0 Å². The molecule has 5 nitrogen and oxygen atoms in total. The van der Waals surface area contributed by atoms with Crippen LogP contribution in [0.5, 0.6) is 0 Å². The molecule has 0 aromatic carbocycles. The average molecular weight is 200 g/mol. The predicted molar refractivity (Wildman–Crippen MR) is 45.3 cm³/mol. The molecule has 0 spiro atoms. The standard InChI is InChI=1S/C7H8N2O3S/c10-3-6-1-8-9(2-6)7-4-13(11,12)5-7/h1-3,7H,4-5H2. The van der Waals surface area contributed by atoms with Crippen LogP contribution in [0.15, 0.2) is 12.4 Å². The Morgan fingerprint density at radius 3 is 2.69 bits per heavy atom. The molecule has 1 aromatic heterocycles. The van der Waals surface area contributed by atoms with Crippen molar-refractivity contribution in [3.63, 3.8) is 0 Å². The first kappa shape index (κ1) is 8.43. The molecule has 0 radical (unpaired) electrons. The number of hydrogen-bond donors (Lipinski definition) is 0. The minimum atomic E-state index is -2.83. The van der Waals surface area contributed by atoms with Crippen LogP contribution in [-0.2, 0) is 9.84 Å². The van der Waals surface area contributed by atoms with Gasteiger partial charge in [0, 0.05) is 6.20 Å². The van der Waals surface area contributed by atoms with Crippen LogP contribution in [0.25, 0.3) is 0 Å². The number of rotatable bonds is 2. The maximum atomic E-state index is 10.8.